The van der Waals surface area contributed by atoms with Crippen molar-refractivity contribution in [2.24, 2.45) is 5.92 Å². The highest BCUT2D eigenvalue weighted by Crippen LogP contribution is 2.27. The molecule has 1 heterocycles. The monoisotopic (exact) mass is 250 g/mol. The Kier molecular flexibility index (Phi) is 3.48. The van der Waals surface area contributed by atoms with E-state index in [4.69, 9.17) is 0 Å². The molecule has 0 unspecified atom stereocenters. The van der Waals surface area contributed by atoms with Gasteiger partial charge in [-0.2, -0.15) is 5.26 Å². The van der Waals surface area contributed by atoms with Crippen molar-refractivity contribution in [1.29, 1.82) is 5.26 Å². The first-order chi connectivity index (χ1) is 9.38. The average molecular weight is 250 g/mol. The van der Waals surface area contributed by atoms with Gasteiger partial charge in [0.05, 0.1) is 11.6 Å². The molecule has 19 heavy (non-hydrogen) atoms. The van der Waals surface area contributed by atoms with Crippen LogP contribution in [0.15, 0.2) is 36.4 Å². The lowest BCUT2D eigenvalue weighted by atomic mass is 9.87. The third-order valence-corrected chi connectivity index (χ3v) is 4.11. The largest absolute Gasteiger partial charge is 0.317 e. The summed E-state index contributed by atoms with van der Waals surface area (Å²) in [6.07, 6.45) is 3.47. The first-order valence-corrected chi connectivity index (χ1v) is 7.00. The molecule has 1 fully saturated rings. The van der Waals surface area contributed by atoms with Crippen molar-refractivity contribution < 1.29 is 0 Å². The fourth-order valence-corrected chi connectivity index (χ4v) is 3.04. The first-order valence-electron chi connectivity index (χ1n) is 7.00. The Balaban J connectivity index is 2.02. The number of hydrogen-bond acceptors (Lipinski definition) is 2. The molecule has 0 saturated carbocycles. The topological polar surface area (TPSA) is 35.8 Å². The van der Waals surface area contributed by atoms with Gasteiger partial charge in [0, 0.05) is 0 Å². The van der Waals surface area contributed by atoms with Gasteiger partial charge < -0.3 is 5.32 Å². The summed E-state index contributed by atoms with van der Waals surface area (Å²) in [6.45, 7) is 2.22. The zero-order chi connectivity index (χ0) is 13.1. The lowest BCUT2D eigenvalue weighted by Crippen LogP contribution is -2.28. The number of nitrogens with zero attached hydrogens (tertiary/aromatic N) is 1. The molecule has 3 rings (SSSR count). The van der Waals surface area contributed by atoms with Crippen molar-refractivity contribution in [3.05, 3.63) is 47.5 Å². The second-order valence-corrected chi connectivity index (χ2v) is 5.32. The quantitative estimate of drug-likeness (QED) is 0.888. The summed E-state index contributed by atoms with van der Waals surface area (Å²) < 4.78 is 0. The van der Waals surface area contributed by atoms with Gasteiger partial charge >= 0.3 is 0 Å². The minimum atomic E-state index is 0.708. The summed E-state index contributed by atoms with van der Waals surface area (Å²) in [6, 6.07) is 14.8. The molecule has 96 valence electrons. The Bertz CT molecular complexity index is 619. The van der Waals surface area contributed by atoms with Gasteiger partial charge in [-0.3, -0.25) is 0 Å². The Hall–Kier alpha value is -1.85. The van der Waals surface area contributed by atoms with Crippen LogP contribution >= 0.6 is 0 Å². The van der Waals surface area contributed by atoms with Crippen LogP contribution in [0.2, 0.25) is 0 Å². The molecule has 1 saturated heterocycles. The van der Waals surface area contributed by atoms with E-state index in [9.17, 15) is 5.26 Å². The maximum absolute atomic E-state index is 9.35. The highest BCUT2D eigenvalue weighted by Gasteiger charge is 2.17. The number of nitrogens with one attached hydrogen (secondary N) is 1. The summed E-state index contributed by atoms with van der Waals surface area (Å²) in [5.41, 5.74) is 2.09. The van der Waals surface area contributed by atoms with Crippen molar-refractivity contribution in [1.82, 2.24) is 5.32 Å². The van der Waals surface area contributed by atoms with Crippen molar-refractivity contribution in [3.63, 3.8) is 0 Å². The van der Waals surface area contributed by atoms with Crippen LogP contribution in [0.4, 0.5) is 0 Å². The maximum atomic E-state index is 9.35. The van der Waals surface area contributed by atoms with Crippen LogP contribution < -0.4 is 5.32 Å². The standard InChI is InChI=1S/C17H18N2/c18-12-15-6-5-14-3-1-2-4-16(14)17(15)11-13-7-9-19-10-8-13/h1-6,13,19H,7-11H2. The number of hydrogen-bond donors (Lipinski definition) is 1. The SMILES string of the molecule is N#Cc1ccc2ccccc2c1CC1CCNCC1. The fraction of sp³-hybridized carbons (Fsp3) is 0.353. The number of rotatable bonds is 2. The van der Waals surface area contributed by atoms with Gasteiger partial charge in [0.2, 0.25) is 0 Å². The molecule has 1 N–H and O–H groups in total. The van der Waals surface area contributed by atoms with Gasteiger partial charge in [-0.1, -0.05) is 30.3 Å². The molecule has 0 aliphatic carbocycles. The molecule has 1 aliphatic rings. The number of nitriles is 1. The predicted octanol–water partition coefficient (Wildman–Crippen LogP) is 3.25. The van der Waals surface area contributed by atoms with Gasteiger partial charge in [0.15, 0.2) is 0 Å². The van der Waals surface area contributed by atoms with Gasteiger partial charge in [-0.15, -0.1) is 0 Å². The highest BCUT2D eigenvalue weighted by molar-refractivity contribution is 5.87. The number of piperidine rings is 1. The molecule has 2 aromatic rings. The van der Waals surface area contributed by atoms with Crippen molar-refractivity contribution in [2.45, 2.75) is 19.3 Å². The normalized spacial score (nSPS) is 16.4. The second kappa shape index (κ2) is 5.42. The third kappa shape index (κ3) is 2.47. The van der Waals surface area contributed by atoms with E-state index in [1.807, 2.05) is 6.07 Å². The molecule has 1 aliphatic heterocycles. The van der Waals surface area contributed by atoms with Crippen LogP contribution in [-0.2, 0) is 6.42 Å². The van der Waals surface area contributed by atoms with E-state index in [1.54, 1.807) is 0 Å². The average Bonchev–Trinajstić information content (AvgIpc) is 2.49. The molecule has 2 nitrogen and oxygen atoms in total. The molecular weight excluding hydrogens is 232 g/mol. The maximum Gasteiger partial charge on any atom is 0.0994 e. The van der Waals surface area contributed by atoms with Crippen LogP contribution in [-0.4, -0.2) is 13.1 Å². The third-order valence-electron chi connectivity index (χ3n) is 4.11. The molecule has 2 aromatic carbocycles. The van der Waals surface area contributed by atoms with Crippen LogP contribution in [0.25, 0.3) is 10.8 Å². The van der Waals surface area contributed by atoms with Crippen molar-refractivity contribution >= 4 is 10.8 Å². The van der Waals surface area contributed by atoms with Crippen LogP contribution in [0.1, 0.15) is 24.0 Å². The Morgan fingerprint density at radius 1 is 1.11 bits per heavy atom. The molecule has 0 radical (unpaired) electrons. The summed E-state index contributed by atoms with van der Waals surface area (Å²) in [7, 11) is 0. The number of benzene rings is 2. The summed E-state index contributed by atoms with van der Waals surface area (Å²) in [4.78, 5) is 0. The lowest BCUT2D eigenvalue weighted by molar-refractivity contribution is 0.373. The molecule has 0 bridgehead atoms. The smallest absolute Gasteiger partial charge is 0.0994 e. The van der Waals surface area contributed by atoms with Crippen molar-refractivity contribution in [3.8, 4) is 6.07 Å². The van der Waals surface area contributed by atoms with E-state index in [1.165, 1.54) is 29.2 Å². The zero-order valence-electron chi connectivity index (χ0n) is 11.0. The summed E-state index contributed by atoms with van der Waals surface area (Å²) in [5, 5.41) is 15.2. The molecule has 0 atom stereocenters. The van der Waals surface area contributed by atoms with Gasteiger partial charge in [0.25, 0.3) is 0 Å². The minimum absolute atomic E-state index is 0.708. The Labute approximate surface area is 114 Å². The second-order valence-electron chi connectivity index (χ2n) is 5.32. The first kappa shape index (κ1) is 12.2. The summed E-state index contributed by atoms with van der Waals surface area (Å²) in [5.74, 6) is 0.708. The minimum Gasteiger partial charge on any atom is -0.317 e. The van der Waals surface area contributed by atoms with Gasteiger partial charge in [-0.05, 0) is 60.7 Å². The van der Waals surface area contributed by atoms with Gasteiger partial charge in [-0.25, -0.2) is 0 Å². The lowest BCUT2D eigenvalue weighted by Gasteiger charge is -2.23. The Morgan fingerprint density at radius 3 is 2.68 bits per heavy atom. The van der Waals surface area contributed by atoms with E-state index in [0.717, 1.165) is 25.1 Å². The van der Waals surface area contributed by atoms with E-state index in [0.29, 0.717) is 5.92 Å². The van der Waals surface area contributed by atoms with E-state index in [-0.39, 0.29) is 0 Å². The predicted molar refractivity (Wildman–Crippen MR) is 78.0 cm³/mol. The zero-order valence-corrected chi connectivity index (χ0v) is 11.0. The Morgan fingerprint density at radius 2 is 1.89 bits per heavy atom. The molecular formula is C17H18N2. The van der Waals surface area contributed by atoms with E-state index in [2.05, 4.69) is 41.7 Å². The van der Waals surface area contributed by atoms with Crippen LogP contribution in [0.3, 0.4) is 0 Å². The molecule has 0 aromatic heterocycles. The van der Waals surface area contributed by atoms with Crippen molar-refractivity contribution in [2.75, 3.05) is 13.1 Å². The highest BCUT2D eigenvalue weighted by atomic mass is 14.9. The van der Waals surface area contributed by atoms with Crippen LogP contribution in [0, 0.1) is 17.2 Å². The van der Waals surface area contributed by atoms with E-state index < -0.39 is 0 Å². The van der Waals surface area contributed by atoms with E-state index >= 15 is 0 Å². The van der Waals surface area contributed by atoms with Crippen LogP contribution in [0.5, 0.6) is 0 Å². The number of fused-ring (bicyclic) bond motifs is 1. The fourth-order valence-electron chi connectivity index (χ4n) is 3.04. The molecule has 2 heteroatoms. The molecule has 0 amide bonds. The summed E-state index contributed by atoms with van der Waals surface area (Å²) >= 11 is 0. The van der Waals surface area contributed by atoms with Gasteiger partial charge in [0.1, 0.15) is 0 Å². The molecule has 0 spiro atoms.